The van der Waals surface area contributed by atoms with E-state index < -0.39 is 0 Å². The molecule has 1 aliphatic heterocycles. The van der Waals surface area contributed by atoms with Crippen LogP contribution in [0.15, 0.2) is 24.3 Å². The average molecular weight is 244 g/mol. The van der Waals surface area contributed by atoms with Crippen LogP contribution in [-0.4, -0.2) is 42.2 Å². The van der Waals surface area contributed by atoms with Crippen LogP contribution in [0.3, 0.4) is 0 Å². The Morgan fingerprint density at radius 1 is 1.33 bits per heavy atom. The molecule has 18 heavy (non-hydrogen) atoms. The van der Waals surface area contributed by atoms with Gasteiger partial charge in [-0.2, -0.15) is 0 Å². The maximum atomic E-state index is 11.2. The molecule has 0 saturated carbocycles. The number of hydrogen-bond donors (Lipinski definition) is 2. The van der Waals surface area contributed by atoms with Crippen LogP contribution in [0.4, 0.5) is 0 Å². The molecular formula is C14H16N2O2. The molecule has 1 amide bonds. The second-order valence-electron chi connectivity index (χ2n) is 4.22. The van der Waals surface area contributed by atoms with Gasteiger partial charge in [-0.15, -0.1) is 0 Å². The third kappa shape index (κ3) is 3.59. The topological polar surface area (TPSA) is 52.6 Å². The highest BCUT2D eigenvalue weighted by Gasteiger charge is 2.15. The summed E-state index contributed by atoms with van der Waals surface area (Å²) in [5, 5.41) is 11.4. The Labute approximate surface area is 107 Å². The van der Waals surface area contributed by atoms with E-state index in [4.69, 9.17) is 5.11 Å². The van der Waals surface area contributed by atoms with Gasteiger partial charge in [-0.25, -0.2) is 0 Å². The first-order valence-corrected chi connectivity index (χ1v) is 5.95. The Morgan fingerprint density at radius 3 is 2.78 bits per heavy atom. The van der Waals surface area contributed by atoms with Gasteiger partial charge in [0.15, 0.2) is 0 Å². The number of aliphatic hydroxyl groups is 1. The first-order chi connectivity index (χ1) is 8.78. The summed E-state index contributed by atoms with van der Waals surface area (Å²) in [6.45, 7) is 2.73. The van der Waals surface area contributed by atoms with Gasteiger partial charge >= 0.3 is 0 Å². The highest BCUT2D eigenvalue weighted by Crippen LogP contribution is 2.07. The normalized spacial score (nSPS) is 15.7. The standard InChI is InChI=1S/C14H16N2O2/c17-9-1-2-12-3-5-13(6-4-12)10-16-8-7-15-14(18)11-16/h3-6,17H,7-11H2,(H,15,18). The zero-order valence-electron chi connectivity index (χ0n) is 10.1. The van der Waals surface area contributed by atoms with Crippen molar-refractivity contribution in [2.45, 2.75) is 6.54 Å². The molecule has 0 atom stereocenters. The van der Waals surface area contributed by atoms with Gasteiger partial charge in [-0.3, -0.25) is 9.69 Å². The molecule has 2 rings (SSSR count). The Hall–Kier alpha value is -1.83. The minimum Gasteiger partial charge on any atom is -0.384 e. The molecule has 1 aromatic rings. The number of amides is 1. The van der Waals surface area contributed by atoms with E-state index in [1.54, 1.807) is 0 Å². The fraction of sp³-hybridized carbons (Fsp3) is 0.357. The first-order valence-electron chi connectivity index (χ1n) is 5.95. The van der Waals surface area contributed by atoms with Gasteiger partial charge in [0.2, 0.25) is 5.91 Å². The minimum absolute atomic E-state index is 0.0895. The molecule has 4 nitrogen and oxygen atoms in total. The van der Waals surface area contributed by atoms with Gasteiger partial charge in [0.05, 0.1) is 6.54 Å². The van der Waals surface area contributed by atoms with Gasteiger partial charge < -0.3 is 10.4 Å². The van der Waals surface area contributed by atoms with Crippen LogP contribution < -0.4 is 5.32 Å². The van der Waals surface area contributed by atoms with Crippen molar-refractivity contribution >= 4 is 5.91 Å². The molecule has 2 N–H and O–H groups in total. The van der Waals surface area contributed by atoms with Crippen LogP contribution in [0.25, 0.3) is 0 Å². The third-order valence-electron chi connectivity index (χ3n) is 2.79. The van der Waals surface area contributed by atoms with Gasteiger partial charge in [-0.1, -0.05) is 24.0 Å². The number of aliphatic hydroxyl groups excluding tert-OH is 1. The van der Waals surface area contributed by atoms with E-state index in [-0.39, 0.29) is 12.5 Å². The Kier molecular flexibility index (Phi) is 4.35. The highest BCUT2D eigenvalue weighted by atomic mass is 16.2. The third-order valence-corrected chi connectivity index (χ3v) is 2.79. The highest BCUT2D eigenvalue weighted by molar-refractivity contribution is 5.78. The van der Waals surface area contributed by atoms with Crippen molar-refractivity contribution < 1.29 is 9.90 Å². The number of benzene rings is 1. The van der Waals surface area contributed by atoms with Crippen molar-refractivity contribution in [3.8, 4) is 11.8 Å². The number of hydrogen-bond acceptors (Lipinski definition) is 3. The molecule has 1 aliphatic rings. The fourth-order valence-electron chi connectivity index (χ4n) is 1.92. The van der Waals surface area contributed by atoms with E-state index in [2.05, 4.69) is 22.1 Å². The molecule has 1 heterocycles. The second kappa shape index (κ2) is 6.20. The molecule has 4 heteroatoms. The monoisotopic (exact) mass is 244 g/mol. The van der Waals surface area contributed by atoms with E-state index in [1.807, 2.05) is 24.3 Å². The lowest BCUT2D eigenvalue weighted by atomic mass is 10.1. The number of piperazine rings is 1. The average Bonchev–Trinajstić information content (AvgIpc) is 2.38. The van der Waals surface area contributed by atoms with Gasteiger partial charge in [-0.05, 0) is 17.7 Å². The molecular weight excluding hydrogens is 228 g/mol. The summed E-state index contributed by atoms with van der Waals surface area (Å²) < 4.78 is 0. The van der Waals surface area contributed by atoms with E-state index >= 15 is 0 Å². The van der Waals surface area contributed by atoms with Crippen molar-refractivity contribution in [2.75, 3.05) is 26.2 Å². The lowest BCUT2D eigenvalue weighted by Gasteiger charge is -2.26. The van der Waals surface area contributed by atoms with Crippen LogP contribution in [0, 0.1) is 11.8 Å². The Balaban J connectivity index is 1.95. The SMILES string of the molecule is O=C1CN(Cc2ccc(C#CCO)cc2)CCN1. The predicted molar refractivity (Wildman–Crippen MR) is 68.7 cm³/mol. The number of nitrogens with zero attached hydrogens (tertiary/aromatic N) is 1. The molecule has 1 aromatic carbocycles. The number of carbonyl (C=O) groups excluding carboxylic acids is 1. The van der Waals surface area contributed by atoms with Gasteiger partial charge in [0.25, 0.3) is 0 Å². The Morgan fingerprint density at radius 2 is 2.11 bits per heavy atom. The lowest BCUT2D eigenvalue weighted by Crippen LogP contribution is -2.47. The largest absolute Gasteiger partial charge is 0.384 e. The molecule has 94 valence electrons. The maximum absolute atomic E-state index is 11.2. The van der Waals surface area contributed by atoms with Crippen molar-refractivity contribution in [3.05, 3.63) is 35.4 Å². The molecule has 0 bridgehead atoms. The maximum Gasteiger partial charge on any atom is 0.234 e. The quantitative estimate of drug-likeness (QED) is 0.718. The molecule has 0 unspecified atom stereocenters. The minimum atomic E-state index is -0.120. The van der Waals surface area contributed by atoms with E-state index in [9.17, 15) is 4.79 Å². The van der Waals surface area contributed by atoms with Crippen molar-refractivity contribution in [1.29, 1.82) is 0 Å². The molecule has 0 spiro atoms. The van der Waals surface area contributed by atoms with E-state index in [0.29, 0.717) is 6.54 Å². The fourth-order valence-corrected chi connectivity index (χ4v) is 1.92. The van der Waals surface area contributed by atoms with Crippen LogP contribution in [0.1, 0.15) is 11.1 Å². The van der Waals surface area contributed by atoms with Crippen molar-refractivity contribution in [1.82, 2.24) is 10.2 Å². The zero-order valence-corrected chi connectivity index (χ0v) is 10.1. The summed E-state index contributed by atoms with van der Waals surface area (Å²) in [6, 6.07) is 7.88. The summed E-state index contributed by atoms with van der Waals surface area (Å²) in [6.07, 6.45) is 0. The Bertz CT molecular complexity index is 471. The van der Waals surface area contributed by atoms with Gasteiger partial charge in [0.1, 0.15) is 6.61 Å². The second-order valence-corrected chi connectivity index (χ2v) is 4.22. The first kappa shape index (κ1) is 12.6. The lowest BCUT2D eigenvalue weighted by molar-refractivity contribution is -0.124. The summed E-state index contributed by atoms with van der Waals surface area (Å²) in [5.41, 5.74) is 2.06. The van der Waals surface area contributed by atoms with Crippen LogP contribution >= 0.6 is 0 Å². The van der Waals surface area contributed by atoms with Gasteiger partial charge in [0, 0.05) is 25.2 Å². The van der Waals surface area contributed by atoms with Crippen LogP contribution in [0.5, 0.6) is 0 Å². The number of carbonyl (C=O) groups is 1. The number of nitrogens with one attached hydrogen (secondary N) is 1. The van der Waals surface area contributed by atoms with Crippen molar-refractivity contribution in [2.24, 2.45) is 0 Å². The molecule has 0 aliphatic carbocycles. The van der Waals surface area contributed by atoms with Crippen LogP contribution in [0.2, 0.25) is 0 Å². The van der Waals surface area contributed by atoms with Crippen molar-refractivity contribution in [3.63, 3.8) is 0 Å². The smallest absolute Gasteiger partial charge is 0.234 e. The predicted octanol–water partition coefficient (Wildman–Crippen LogP) is -0.0378. The van der Waals surface area contributed by atoms with E-state index in [1.165, 1.54) is 5.56 Å². The van der Waals surface area contributed by atoms with Crippen LogP contribution in [-0.2, 0) is 11.3 Å². The molecule has 1 saturated heterocycles. The van der Waals surface area contributed by atoms with E-state index in [0.717, 1.165) is 25.2 Å². The molecule has 0 aromatic heterocycles. The summed E-state index contributed by atoms with van der Waals surface area (Å²) in [4.78, 5) is 13.4. The zero-order chi connectivity index (χ0) is 12.8. The molecule has 0 radical (unpaired) electrons. The summed E-state index contributed by atoms with van der Waals surface area (Å²) in [5.74, 6) is 5.56. The molecule has 1 fully saturated rings. The summed E-state index contributed by atoms with van der Waals surface area (Å²) >= 11 is 0. The number of rotatable bonds is 2. The summed E-state index contributed by atoms with van der Waals surface area (Å²) in [7, 11) is 0.